The number of carbonyl (C=O) groups excluding carboxylic acids is 2. The quantitative estimate of drug-likeness (QED) is 0.751. The van der Waals surface area contributed by atoms with Gasteiger partial charge in [0, 0.05) is 17.7 Å². The van der Waals surface area contributed by atoms with E-state index in [1.54, 1.807) is 18.3 Å². The van der Waals surface area contributed by atoms with E-state index in [2.05, 4.69) is 25.8 Å². The first-order valence-electron chi connectivity index (χ1n) is 6.72. The Hall–Kier alpha value is -2.70. The number of H-pyrrole nitrogens is 1. The van der Waals surface area contributed by atoms with Gasteiger partial charge in [-0.3, -0.25) is 15.2 Å². The highest BCUT2D eigenvalue weighted by atomic mass is 16.2. The van der Waals surface area contributed by atoms with Gasteiger partial charge in [0.15, 0.2) is 5.78 Å². The van der Waals surface area contributed by atoms with Crippen molar-refractivity contribution < 1.29 is 9.59 Å². The van der Waals surface area contributed by atoms with E-state index in [1.807, 2.05) is 0 Å². The lowest BCUT2D eigenvalue weighted by atomic mass is 10.2. The van der Waals surface area contributed by atoms with E-state index in [9.17, 15) is 9.59 Å². The highest BCUT2D eigenvalue weighted by Gasteiger charge is 2.28. The third kappa shape index (κ3) is 3.07. The zero-order valence-electron chi connectivity index (χ0n) is 11.5. The van der Waals surface area contributed by atoms with Crippen LogP contribution < -0.4 is 10.6 Å². The second-order valence-corrected chi connectivity index (χ2v) is 5.04. The normalized spacial score (nSPS) is 13.8. The van der Waals surface area contributed by atoms with Crippen LogP contribution in [0, 0.1) is 0 Å². The molecule has 3 rings (SSSR count). The Morgan fingerprint density at radius 2 is 2.05 bits per heavy atom. The van der Waals surface area contributed by atoms with Crippen molar-refractivity contribution in [2.24, 2.45) is 0 Å². The van der Waals surface area contributed by atoms with Crippen LogP contribution in [0.3, 0.4) is 0 Å². The number of aromatic amines is 1. The summed E-state index contributed by atoms with van der Waals surface area (Å²) in [6.45, 7) is 1.47. The maximum Gasteiger partial charge on any atom is 0.324 e. The van der Waals surface area contributed by atoms with E-state index in [-0.39, 0.29) is 11.8 Å². The van der Waals surface area contributed by atoms with Crippen LogP contribution in [0.1, 0.15) is 41.7 Å². The fourth-order valence-electron chi connectivity index (χ4n) is 2.02. The number of pyridine rings is 1. The summed E-state index contributed by atoms with van der Waals surface area (Å²) in [7, 11) is 0. The summed E-state index contributed by atoms with van der Waals surface area (Å²) >= 11 is 0. The topological polar surface area (TPSA) is 99.8 Å². The zero-order valence-corrected chi connectivity index (χ0v) is 11.5. The number of aromatic nitrogens is 3. The molecule has 0 unspecified atom stereocenters. The minimum Gasteiger partial charge on any atom is -0.305 e. The molecular weight excluding hydrogens is 270 g/mol. The maximum atomic E-state index is 11.9. The highest BCUT2D eigenvalue weighted by Crippen LogP contribution is 2.42. The van der Waals surface area contributed by atoms with Crippen molar-refractivity contribution in [2.75, 3.05) is 10.6 Å². The van der Waals surface area contributed by atoms with Crippen molar-refractivity contribution >= 4 is 23.3 Å². The molecule has 0 atom stereocenters. The van der Waals surface area contributed by atoms with Gasteiger partial charge in [0.1, 0.15) is 5.82 Å². The van der Waals surface area contributed by atoms with Gasteiger partial charge >= 0.3 is 6.03 Å². The summed E-state index contributed by atoms with van der Waals surface area (Å²) in [5.41, 5.74) is 2.16. The minimum absolute atomic E-state index is 0.0639. The van der Waals surface area contributed by atoms with E-state index in [1.165, 1.54) is 13.1 Å². The molecule has 1 saturated carbocycles. The van der Waals surface area contributed by atoms with Gasteiger partial charge in [0.25, 0.3) is 0 Å². The van der Waals surface area contributed by atoms with Crippen LogP contribution >= 0.6 is 0 Å². The largest absolute Gasteiger partial charge is 0.324 e. The van der Waals surface area contributed by atoms with Gasteiger partial charge in [-0.1, -0.05) is 0 Å². The van der Waals surface area contributed by atoms with E-state index in [0.717, 1.165) is 18.5 Å². The zero-order chi connectivity index (χ0) is 14.8. The molecule has 1 fully saturated rings. The Morgan fingerprint density at radius 3 is 2.67 bits per heavy atom. The van der Waals surface area contributed by atoms with Crippen LogP contribution in [0.2, 0.25) is 0 Å². The number of Topliss-reactive ketones (excluding diaryl/α,β-unsaturated/α-hetero) is 1. The third-order valence-electron chi connectivity index (χ3n) is 3.31. The predicted molar refractivity (Wildman–Crippen MR) is 77.4 cm³/mol. The van der Waals surface area contributed by atoms with Gasteiger partial charge in [-0.15, -0.1) is 0 Å². The lowest BCUT2D eigenvalue weighted by molar-refractivity contribution is 0.101. The molecule has 108 valence electrons. The first kappa shape index (κ1) is 13.3. The van der Waals surface area contributed by atoms with E-state index in [0.29, 0.717) is 23.0 Å². The lowest BCUT2D eigenvalue weighted by Gasteiger charge is -2.07. The Morgan fingerprint density at radius 1 is 1.24 bits per heavy atom. The number of nitrogens with zero attached hydrogens (tertiary/aromatic N) is 2. The Balaban J connectivity index is 1.63. The Labute approximate surface area is 121 Å². The van der Waals surface area contributed by atoms with Gasteiger partial charge < -0.3 is 5.32 Å². The second-order valence-electron chi connectivity index (χ2n) is 5.04. The van der Waals surface area contributed by atoms with Crippen molar-refractivity contribution in [1.82, 2.24) is 15.2 Å². The molecule has 0 aromatic carbocycles. The molecular formula is C14H15N5O2. The van der Waals surface area contributed by atoms with Crippen LogP contribution in [0.5, 0.6) is 0 Å². The third-order valence-corrected chi connectivity index (χ3v) is 3.31. The lowest BCUT2D eigenvalue weighted by Crippen LogP contribution is -2.20. The molecule has 3 N–H and O–H groups in total. The van der Waals surface area contributed by atoms with Crippen molar-refractivity contribution in [3.8, 4) is 0 Å². The summed E-state index contributed by atoms with van der Waals surface area (Å²) in [4.78, 5) is 27.1. The SMILES string of the molecule is CC(=O)c1ccc(NC(=O)Nc2cn[nH]c2C2CC2)nc1. The number of ketones is 1. The summed E-state index contributed by atoms with van der Waals surface area (Å²) < 4.78 is 0. The van der Waals surface area contributed by atoms with E-state index >= 15 is 0 Å². The molecule has 7 heteroatoms. The van der Waals surface area contributed by atoms with Crippen LogP contribution in [-0.2, 0) is 0 Å². The summed E-state index contributed by atoms with van der Waals surface area (Å²) in [6.07, 6.45) is 5.27. The number of anilines is 2. The highest BCUT2D eigenvalue weighted by molar-refractivity contribution is 6.00. The Kier molecular flexibility index (Phi) is 3.39. The first-order valence-corrected chi connectivity index (χ1v) is 6.72. The summed E-state index contributed by atoms with van der Waals surface area (Å²) in [5, 5.41) is 12.2. The fraction of sp³-hybridized carbons (Fsp3) is 0.286. The summed E-state index contributed by atoms with van der Waals surface area (Å²) in [5.74, 6) is 0.788. The molecule has 0 aliphatic heterocycles. The standard InChI is InChI=1S/C14H15N5O2/c1-8(20)10-4-5-12(15-6-10)18-14(21)17-11-7-16-19-13(11)9-2-3-9/h4-7,9H,2-3H2,1H3,(H,16,19)(H2,15,17,18,21). The average Bonchev–Trinajstić information content (AvgIpc) is 3.20. The molecule has 2 aromatic heterocycles. The van der Waals surface area contributed by atoms with E-state index < -0.39 is 0 Å². The molecule has 2 aromatic rings. The number of carbonyl (C=O) groups is 2. The van der Waals surface area contributed by atoms with Gasteiger partial charge in [-0.05, 0) is 31.9 Å². The summed E-state index contributed by atoms with van der Waals surface area (Å²) in [6, 6.07) is 2.83. The van der Waals surface area contributed by atoms with Crippen LogP contribution in [0.15, 0.2) is 24.5 Å². The van der Waals surface area contributed by atoms with Gasteiger partial charge in [0.2, 0.25) is 0 Å². The molecule has 2 amide bonds. The van der Waals surface area contributed by atoms with Crippen LogP contribution in [0.4, 0.5) is 16.3 Å². The van der Waals surface area contributed by atoms with Gasteiger partial charge in [-0.25, -0.2) is 9.78 Å². The maximum absolute atomic E-state index is 11.9. The number of nitrogens with one attached hydrogen (secondary N) is 3. The molecule has 0 radical (unpaired) electrons. The second kappa shape index (κ2) is 5.35. The smallest absolute Gasteiger partial charge is 0.305 e. The van der Waals surface area contributed by atoms with Crippen molar-refractivity contribution in [3.05, 3.63) is 35.8 Å². The Bertz CT molecular complexity index is 673. The van der Waals surface area contributed by atoms with Crippen molar-refractivity contribution in [1.29, 1.82) is 0 Å². The number of urea groups is 1. The molecule has 0 spiro atoms. The molecule has 0 bridgehead atoms. The van der Waals surface area contributed by atoms with Crippen LogP contribution in [0.25, 0.3) is 0 Å². The number of amides is 2. The first-order chi connectivity index (χ1) is 10.1. The predicted octanol–water partition coefficient (Wildman–Crippen LogP) is 2.53. The fourth-order valence-corrected chi connectivity index (χ4v) is 2.02. The van der Waals surface area contributed by atoms with Gasteiger partial charge in [0.05, 0.1) is 17.6 Å². The van der Waals surface area contributed by atoms with Crippen molar-refractivity contribution in [2.45, 2.75) is 25.7 Å². The van der Waals surface area contributed by atoms with Gasteiger partial charge in [-0.2, -0.15) is 5.10 Å². The molecule has 2 heterocycles. The molecule has 1 aliphatic carbocycles. The van der Waals surface area contributed by atoms with E-state index in [4.69, 9.17) is 0 Å². The number of hydrogen-bond donors (Lipinski definition) is 3. The molecule has 0 saturated heterocycles. The average molecular weight is 285 g/mol. The molecule has 21 heavy (non-hydrogen) atoms. The monoisotopic (exact) mass is 285 g/mol. The minimum atomic E-state index is -0.388. The molecule has 1 aliphatic rings. The van der Waals surface area contributed by atoms with Crippen LogP contribution in [-0.4, -0.2) is 27.0 Å². The van der Waals surface area contributed by atoms with Crippen molar-refractivity contribution in [3.63, 3.8) is 0 Å². The number of hydrogen-bond acceptors (Lipinski definition) is 4. The number of rotatable bonds is 4. The molecule has 7 nitrogen and oxygen atoms in total.